The van der Waals surface area contributed by atoms with E-state index in [2.05, 4.69) is 152 Å². The number of carbonyl (C=O) groups excluding carboxylic acids is 4. The molecule has 0 bridgehead atoms. The molecular weight excluding hydrogens is 1950 g/mol. The molecule has 2 aliphatic rings. The molecule has 8 N–H and O–H groups in total. The van der Waals surface area contributed by atoms with Crippen LogP contribution >= 0.6 is 0 Å². The molecule has 8 heterocycles. The largest absolute Gasteiger partial charge is 3.00 e. The minimum absolute atomic E-state index is 0. The van der Waals surface area contributed by atoms with Gasteiger partial charge in [-0.25, -0.2) is 39.1 Å². The van der Waals surface area contributed by atoms with Crippen LogP contribution in [0.1, 0.15) is 167 Å². The first-order valence-electron chi connectivity index (χ1n) is 45.6. The van der Waals surface area contributed by atoms with Crippen molar-refractivity contribution in [3.05, 3.63) is 366 Å². The smallest absolute Gasteiger partial charge is 0.497 e. The fraction of sp³-hybridized carbons (Fsp3) is 0.250. The Hall–Kier alpha value is -15.3. The van der Waals surface area contributed by atoms with Crippen LogP contribution in [0.25, 0.3) is 0 Å². The van der Waals surface area contributed by atoms with E-state index in [-0.39, 0.29) is 91.0 Å². The van der Waals surface area contributed by atoms with E-state index in [1.54, 1.807) is 44.6 Å². The number of carboxylic acid groups (broad SMARTS) is 4. The van der Waals surface area contributed by atoms with Crippen molar-refractivity contribution in [1.29, 1.82) is 0 Å². The van der Waals surface area contributed by atoms with Gasteiger partial charge in [0.15, 0.2) is 0 Å². The number of aryl methyl sites for hydroxylation is 2. The minimum Gasteiger partial charge on any atom is -0.497 e. The van der Waals surface area contributed by atoms with Crippen LogP contribution < -0.4 is 30.4 Å². The number of aromatic carboxylic acids is 4. The van der Waals surface area contributed by atoms with E-state index in [4.69, 9.17) is 59.6 Å². The molecule has 31 heteroatoms. The van der Waals surface area contributed by atoms with Gasteiger partial charge in [0.1, 0.15) is 45.8 Å². The standard InChI is InChI=1S/C56H53N7O8.C54H53N7O4.2CO2.Eu/c1-39-4-6-40(7-5-39)8-11-43-30-46(58-51(33-43)54(64)65)36-61-23-25-62(37-47-31-44(34-52(59-47)55(66)67)12-9-41-14-18-49(70-2)19-15-41)27-28-63(26-24-61)38-48-32-45(35-53(60-48)56(68)69)13-10-42-16-20-50(21-17-42)71-29-3-22-57;1-41-4-6-42(7-5-41)8-11-45-22-25-56-48(34-45)38-59-27-28-60(39-49-35-46(23-26-57-49)12-9-43-16-20-52(21-17-43)65-33-3-24-55)30-32-61(31-29-59)40-50-36-47(37-53(58-50)54(62)63)13-10-44-14-18-51(64-2)19-15-44;2*2-1-3;/h4-7,14-21,30-35H,3,22-29,36-38,57H2,1-2H3,(H,64,65)(H,66,67)(H,68,69);4-7,14-23,25-26,34-37H,3,24,27-33,38-40,55H2,1-2H3,(H,62,63);;;/q;;;;+3. The summed E-state index contributed by atoms with van der Waals surface area (Å²) in [6.45, 7) is 16.7. The Kier molecular flexibility index (Phi) is 45.0. The van der Waals surface area contributed by atoms with Gasteiger partial charge in [-0.3, -0.25) is 39.4 Å². The number of carboxylic acids is 4. The van der Waals surface area contributed by atoms with Gasteiger partial charge in [0.05, 0.1) is 61.6 Å². The van der Waals surface area contributed by atoms with Crippen molar-refractivity contribution < 1.29 is 127 Å². The summed E-state index contributed by atoms with van der Waals surface area (Å²) in [5.74, 6) is 36.5. The molecule has 6 aromatic heterocycles. The van der Waals surface area contributed by atoms with Crippen LogP contribution in [-0.4, -0.2) is 235 Å². The van der Waals surface area contributed by atoms with Gasteiger partial charge >= 0.3 is 85.6 Å². The van der Waals surface area contributed by atoms with Gasteiger partial charge in [0, 0.05) is 197 Å². The molecule has 6 aromatic carbocycles. The van der Waals surface area contributed by atoms with E-state index in [0.717, 1.165) is 125 Å². The Morgan fingerprint density at radius 2 is 0.483 bits per heavy atom. The van der Waals surface area contributed by atoms with Gasteiger partial charge in [-0.1, -0.05) is 106 Å². The second kappa shape index (κ2) is 58.7. The minimum atomic E-state index is -1.18. The molecule has 0 unspecified atom stereocenters. The SMILES string of the molecule is COc1ccc(C#Cc2cc(CN3CCN(Cc4cc(C#Cc5ccc(C)cc5)cc(C(=O)O)n4)CCN(Cc4cc(C#Cc5ccc(OCCCN)cc5)cc(C(=O)O)n4)CC3)nc(C(=O)O)c2)cc1.COc1ccc(C#Cc2cc(CN3CCN(Cc4cc(C#Cc5ccc(C)cc5)ccn4)CCN(Cc4cc(C#Cc5ccc(OCCCN)cc5)ccn4)CC3)nc(C(=O)O)c2)cc1.O=C=O.O=C=O.[Eu+3]. The number of nitrogens with zero attached hydrogens (tertiary/aromatic N) is 12. The maximum absolute atomic E-state index is 12.4. The molecule has 143 heavy (non-hydrogen) atoms. The predicted molar refractivity (Wildman–Crippen MR) is 530 cm³/mol. The van der Waals surface area contributed by atoms with Crippen molar-refractivity contribution in [2.45, 2.75) is 66.0 Å². The first kappa shape index (κ1) is 110. The van der Waals surface area contributed by atoms with E-state index >= 15 is 0 Å². The second-order valence-electron chi connectivity index (χ2n) is 32.8. The summed E-state index contributed by atoms with van der Waals surface area (Å²) in [4.78, 5) is 123. The van der Waals surface area contributed by atoms with Gasteiger partial charge in [-0.05, 0) is 234 Å². The summed E-state index contributed by atoms with van der Waals surface area (Å²) in [7, 11) is 3.20. The molecule has 0 atom stereocenters. The normalized spacial score (nSPS) is 12.7. The van der Waals surface area contributed by atoms with Crippen LogP contribution in [0.3, 0.4) is 0 Å². The number of rotatable bonds is 26. The number of hydrogen-bond donors (Lipinski definition) is 6. The maximum Gasteiger partial charge on any atom is 3.00 e. The number of hydrogen-bond acceptors (Lipinski definition) is 26. The van der Waals surface area contributed by atoms with Crippen LogP contribution in [-0.2, 0) is 58.4 Å². The molecule has 30 nitrogen and oxygen atoms in total. The quantitative estimate of drug-likeness (QED) is 0.0217. The van der Waals surface area contributed by atoms with Crippen molar-refractivity contribution in [1.82, 2.24) is 59.3 Å². The molecule has 0 amide bonds. The maximum atomic E-state index is 12.4. The second-order valence-corrected chi connectivity index (χ2v) is 32.8. The molecule has 2 fully saturated rings. The fourth-order valence-electron chi connectivity index (χ4n) is 14.7. The van der Waals surface area contributed by atoms with Gasteiger partial charge in [0.25, 0.3) is 0 Å². The summed E-state index contributed by atoms with van der Waals surface area (Å²) in [6, 6.07) is 67.0. The molecular formula is C112H106EuN14O16+3. The van der Waals surface area contributed by atoms with Crippen LogP contribution in [0.2, 0.25) is 0 Å². The molecule has 0 radical (unpaired) electrons. The third-order valence-corrected chi connectivity index (χ3v) is 22.1. The number of aromatic nitrogens is 6. The number of nitrogens with two attached hydrogens (primary N) is 2. The average Bonchev–Trinajstić information content (AvgIpc) is 1.75. The van der Waals surface area contributed by atoms with E-state index in [1.165, 1.54) is 29.8 Å². The first-order valence-corrected chi connectivity index (χ1v) is 45.6. The molecule has 2 aliphatic heterocycles. The zero-order chi connectivity index (χ0) is 101. The van der Waals surface area contributed by atoms with Crippen LogP contribution in [0, 0.1) is 134 Å². The van der Waals surface area contributed by atoms with Gasteiger partial charge < -0.3 is 50.8 Å². The topological polar surface area (TPSA) is 403 Å². The average molecular weight is 2060 g/mol. The number of ether oxygens (including phenoxy) is 4. The molecule has 724 valence electrons. The first-order chi connectivity index (χ1) is 69.0. The fourth-order valence-corrected chi connectivity index (χ4v) is 14.7. The molecule has 14 rings (SSSR count). The van der Waals surface area contributed by atoms with Crippen molar-refractivity contribution in [2.24, 2.45) is 11.5 Å². The predicted octanol–water partition coefficient (Wildman–Crippen LogP) is 11.5. The van der Waals surface area contributed by atoms with Gasteiger partial charge in [-0.2, -0.15) is 19.2 Å². The molecule has 0 aliphatic carbocycles. The monoisotopic (exact) mass is 2060 g/mol. The Labute approximate surface area is 871 Å². The van der Waals surface area contributed by atoms with Gasteiger partial charge in [-0.15, -0.1) is 0 Å². The summed E-state index contributed by atoms with van der Waals surface area (Å²) in [6.07, 6.45) is 5.69. The summed E-state index contributed by atoms with van der Waals surface area (Å²) < 4.78 is 22.0. The van der Waals surface area contributed by atoms with Crippen molar-refractivity contribution in [3.63, 3.8) is 0 Å². The summed E-state index contributed by atoms with van der Waals surface area (Å²) in [5.41, 5.74) is 25.9. The third kappa shape index (κ3) is 38.3. The van der Waals surface area contributed by atoms with E-state index < -0.39 is 23.9 Å². The van der Waals surface area contributed by atoms with Gasteiger partial charge in [0.2, 0.25) is 0 Å². The number of methoxy groups -OCH3 is 2. The zero-order valence-electron chi connectivity index (χ0n) is 79.5. The van der Waals surface area contributed by atoms with Crippen LogP contribution in [0.15, 0.2) is 231 Å². The van der Waals surface area contributed by atoms with E-state index in [1.807, 2.05) is 159 Å². The zero-order valence-corrected chi connectivity index (χ0v) is 81.9. The summed E-state index contributed by atoms with van der Waals surface area (Å²) >= 11 is 0. The number of pyridine rings is 6. The Bertz CT molecular complexity index is 6800. The number of carbonyl (C=O) groups is 4. The molecule has 0 saturated carbocycles. The summed E-state index contributed by atoms with van der Waals surface area (Å²) in [5, 5.41) is 40.3. The Morgan fingerprint density at radius 1 is 0.287 bits per heavy atom. The van der Waals surface area contributed by atoms with E-state index in [0.29, 0.717) is 155 Å². The van der Waals surface area contributed by atoms with Crippen LogP contribution in [0.5, 0.6) is 23.0 Å². The van der Waals surface area contributed by atoms with E-state index in [9.17, 15) is 39.6 Å². The van der Waals surface area contributed by atoms with Crippen LogP contribution in [0.4, 0.5) is 0 Å². The Balaban J connectivity index is 0.000000278. The van der Waals surface area contributed by atoms with Crippen molar-refractivity contribution in [3.8, 4) is 94.0 Å². The molecule has 2 saturated heterocycles. The molecule has 12 aromatic rings. The Morgan fingerprint density at radius 3 is 0.699 bits per heavy atom. The molecule has 0 spiro atoms. The van der Waals surface area contributed by atoms with Crippen molar-refractivity contribution in [2.75, 3.05) is 119 Å². The number of benzene rings is 6. The third-order valence-electron chi connectivity index (χ3n) is 22.1. The van der Waals surface area contributed by atoms with Crippen molar-refractivity contribution >= 4 is 36.2 Å².